The van der Waals surface area contributed by atoms with Crippen LogP contribution in [0.25, 0.3) is 0 Å². The highest BCUT2D eigenvalue weighted by atomic mass is 127. The minimum atomic E-state index is -0.912. The lowest BCUT2D eigenvalue weighted by molar-refractivity contribution is -0.161. The molecule has 0 aliphatic carbocycles. The van der Waals surface area contributed by atoms with E-state index in [0.29, 0.717) is 0 Å². The number of ether oxygens (including phenoxy) is 2. The number of halogens is 2. The van der Waals surface area contributed by atoms with Crippen molar-refractivity contribution in [1.29, 1.82) is 0 Å². The Labute approximate surface area is 140 Å². The van der Waals surface area contributed by atoms with Gasteiger partial charge in [0.25, 0.3) is 0 Å². The van der Waals surface area contributed by atoms with Crippen molar-refractivity contribution in [2.24, 2.45) is 5.92 Å². The van der Waals surface area contributed by atoms with Crippen molar-refractivity contribution in [3.8, 4) is 0 Å². The fourth-order valence-corrected chi connectivity index (χ4v) is 3.18. The molecule has 20 heavy (non-hydrogen) atoms. The van der Waals surface area contributed by atoms with E-state index >= 15 is 0 Å². The van der Waals surface area contributed by atoms with Gasteiger partial charge in [-0.1, -0.05) is 22.0 Å². The predicted octanol–water partition coefficient (Wildman–Crippen LogP) is 3.34. The molecule has 4 nitrogen and oxygen atoms in total. The first-order valence-corrected chi connectivity index (χ1v) is 8.13. The molecule has 0 amide bonds. The van der Waals surface area contributed by atoms with Gasteiger partial charge in [0.1, 0.15) is 0 Å². The fourth-order valence-electron chi connectivity index (χ4n) is 1.66. The Morgan fingerprint density at radius 3 is 2.20 bits per heavy atom. The minimum absolute atomic E-state index is 0.242. The van der Waals surface area contributed by atoms with Gasteiger partial charge in [0.2, 0.25) is 0 Å². The number of hydrogen-bond donors (Lipinski definition) is 0. The highest BCUT2D eigenvalue weighted by Gasteiger charge is 2.30. The smallest absolute Gasteiger partial charge is 0.320 e. The van der Waals surface area contributed by atoms with Crippen LogP contribution in [-0.2, 0) is 25.5 Å². The Hall–Kier alpha value is -0.630. The van der Waals surface area contributed by atoms with E-state index in [0.717, 1.165) is 13.6 Å². The van der Waals surface area contributed by atoms with Crippen LogP contribution in [0.1, 0.15) is 19.4 Å². The quantitative estimate of drug-likeness (QED) is 0.376. The summed E-state index contributed by atoms with van der Waals surface area (Å²) in [6.07, 6.45) is 0.281. The molecular weight excluding hydrogens is 439 g/mol. The van der Waals surface area contributed by atoms with Gasteiger partial charge in [0.05, 0.1) is 13.2 Å². The third-order valence-electron chi connectivity index (χ3n) is 2.58. The normalized spacial score (nSPS) is 10.4. The summed E-state index contributed by atoms with van der Waals surface area (Å²) >= 11 is 5.56. The maximum atomic E-state index is 11.9. The molecule has 0 aliphatic heterocycles. The Balaban J connectivity index is 2.93. The third-order valence-corrected chi connectivity index (χ3v) is 4.08. The van der Waals surface area contributed by atoms with Gasteiger partial charge < -0.3 is 9.47 Å². The van der Waals surface area contributed by atoms with Crippen LogP contribution < -0.4 is 0 Å². The summed E-state index contributed by atoms with van der Waals surface area (Å²) in [6, 6.07) is 5.70. The predicted molar refractivity (Wildman–Crippen MR) is 87.3 cm³/mol. The van der Waals surface area contributed by atoms with Gasteiger partial charge in [-0.2, -0.15) is 0 Å². The lowest BCUT2D eigenvalue weighted by atomic mass is 9.99. The molecule has 0 N–H and O–H groups in total. The molecule has 1 aromatic carbocycles. The lowest BCUT2D eigenvalue weighted by Crippen LogP contribution is -2.30. The number of carbonyl (C=O) groups is 2. The van der Waals surface area contributed by atoms with E-state index in [9.17, 15) is 9.59 Å². The van der Waals surface area contributed by atoms with Crippen LogP contribution in [-0.4, -0.2) is 25.2 Å². The summed E-state index contributed by atoms with van der Waals surface area (Å²) in [7, 11) is 0. The molecule has 0 aliphatic rings. The first-order valence-electron chi connectivity index (χ1n) is 6.26. The highest BCUT2D eigenvalue weighted by molar-refractivity contribution is 14.1. The van der Waals surface area contributed by atoms with E-state index in [1.807, 2.05) is 18.2 Å². The maximum absolute atomic E-state index is 11.9. The van der Waals surface area contributed by atoms with Crippen molar-refractivity contribution in [2.75, 3.05) is 13.2 Å². The molecule has 0 saturated carbocycles. The summed E-state index contributed by atoms with van der Waals surface area (Å²) < 4.78 is 11.8. The van der Waals surface area contributed by atoms with Crippen LogP contribution in [0.2, 0.25) is 0 Å². The molecule has 110 valence electrons. The van der Waals surface area contributed by atoms with Crippen LogP contribution >= 0.6 is 38.5 Å². The first kappa shape index (κ1) is 17.4. The number of carbonyl (C=O) groups excluding carboxylic acids is 2. The van der Waals surface area contributed by atoms with Crippen LogP contribution in [0.3, 0.4) is 0 Å². The van der Waals surface area contributed by atoms with E-state index in [2.05, 4.69) is 38.5 Å². The molecule has 6 heteroatoms. The molecule has 0 saturated heterocycles. The average molecular weight is 455 g/mol. The molecule has 0 unspecified atom stereocenters. The van der Waals surface area contributed by atoms with E-state index in [1.165, 1.54) is 0 Å². The topological polar surface area (TPSA) is 52.6 Å². The summed E-state index contributed by atoms with van der Waals surface area (Å²) in [6.45, 7) is 3.91. The minimum Gasteiger partial charge on any atom is -0.465 e. The second-order valence-electron chi connectivity index (χ2n) is 4.00. The van der Waals surface area contributed by atoms with E-state index in [4.69, 9.17) is 9.47 Å². The maximum Gasteiger partial charge on any atom is 0.320 e. The molecule has 0 fully saturated rings. The van der Waals surface area contributed by atoms with Crippen molar-refractivity contribution in [2.45, 2.75) is 20.3 Å². The first-order chi connectivity index (χ1) is 9.49. The number of esters is 2. The Kier molecular flexibility index (Phi) is 7.50. The van der Waals surface area contributed by atoms with Crippen LogP contribution in [0, 0.1) is 9.49 Å². The third kappa shape index (κ3) is 5.05. The molecule has 0 radical (unpaired) electrons. The molecule has 0 heterocycles. The van der Waals surface area contributed by atoms with Crippen molar-refractivity contribution >= 4 is 50.5 Å². The van der Waals surface area contributed by atoms with Gasteiger partial charge in [-0.3, -0.25) is 9.59 Å². The Morgan fingerprint density at radius 1 is 1.20 bits per heavy atom. The standard InChI is InChI=1S/C14H16BrIO4/c1-3-19-13(17)11(14(18)20-4-2)7-9-5-6-10(15)8-12(9)16/h5-6,8,11H,3-4,7H2,1-2H3. The van der Waals surface area contributed by atoms with Gasteiger partial charge in [0.15, 0.2) is 5.92 Å². The second kappa shape index (κ2) is 8.61. The number of rotatable bonds is 6. The fraction of sp³-hybridized carbons (Fsp3) is 0.429. The van der Waals surface area contributed by atoms with Crippen molar-refractivity contribution in [3.05, 3.63) is 31.8 Å². The van der Waals surface area contributed by atoms with Crippen molar-refractivity contribution in [1.82, 2.24) is 0 Å². The van der Waals surface area contributed by atoms with Crippen LogP contribution in [0.5, 0.6) is 0 Å². The highest BCUT2D eigenvalue weighted by Crippen LogP contribution is 2.22. The van der Waals surface area contributed by atoms with E-state index in [1.54, 1.807) is 13.8 Å². The molecule has 1 rings (SSSR count). The summed E-state index contributed by atoms with van der Waals surface area (Å²) in [5.74, 6) is -1.99. The lowest BCUT2D eigenvalue weighted by Gasteiger charge is -2.15. The van der Waals surface area contributed by atoms with E-state index < -0.39 is 17.9 Å². The number of benzene rings is 1. The zero-order valence-corrected chi connectivity index (χ0v) is 15.1. The van der Waals surface area contributed by atoms with Crippen LogP contribution in [0.4, 0.5) is 0 Å². The van der Waals surface area contributed by atoms with Crippen molar-refractivity contribution in [3.63, 3.8) is 0 Å². The largest absolute Gasteiger partial charge is 0.465 e. The van der Waals surface area contributed by atoms with Gasteiger partial charge in [-0.25, -0.2) is 0 Å². The van der Waals surface area contributed by atoms with Crippen LogP contribution in [0.15, 0.2) is 22.7 Å². The molecule has 0 bridgehead atoms. The average Bonchev–Trinajstić information content (AvgIpc) is 2.38. The molecular formula is C14H16BrIO4. The molecule has 0 atom stereocenters. The Morgan fingerprint density at radius 2 is 1.75 bits per heavy atom. The van der Waals surface area contributed by atoms with Crippen molar-refractivity contribution < 1.29 is 19.1 Å². The summed E-state index contributed by atoms with van der Waals surface area (Å²) in [4.78, 5) is 23.8. The van der Waals surface area contributed by atoms with E-state index in [-0.39, 0.29) is 19.6 Å². The molecule has 1 aromatic rings. The SMILES string of the molecule is CCOC(=O)C(Cc1ccc(Br)cc1I)C(=O)OCC. The number of hydrogen-bond acceptors (Lipinski definition) is 4. The molecule has 0 spiro atoms. The Bertz CT molecular complexity index is 472. The zero-order chi connectivity index (χ0) is 15.1. The zero-order valence-electron chi connectivity index (χ0n) is 11.3. The van der Waals surface area contributed by atoms with Gasteiger partial charge in [-0.05, 0) is 60.6 Å². The molecule has 0 aromatic heterocycles. The van der Waals surface area contributed by atoms with Gasteiger partial charge >= 0.3 is 11.9 Å². The monoisotopic (exact) mass is 454 g/mol. The second-order valence-corrected chi connectivity index (χ2v) is 6.07. The summed E-state index contributed by atoms with van der Waals surface area (Å²) in [5, 5.41) is 0. The van der Waals surface area contributed by atoms with Gasteiger partial charge in [-0.15, -0.1) is 0 Å². The van der Waals surface area contributed by atoms with Gasteiger partial charge in [0, 0.05) is 8.04 Å². The summed E-state index contributed by atoms with van der Waals surface area (Å²) in [5.41, 5.74) is 0.917.